The van der Waals surface area contributed by atoms with Crippen LogP contribution in [-0.2, 0) is 20.8 Å². The quantitative estimate of drug-likeness (QED) is 0.535. The molecule has 2 aromatic rings. The summed E-state index contributed by atoms with van der Waals surface area (Å²) in [5.74, 6) is -0.112. The number of rotatable bonds is 9. The van der Waals surface area contributed by atoms with E-state index in [4.69, 9.17) is 4.74 Å². The maximum Gasteiger partial charge on any atom is 0.258 e. The number of nitrogens with zero attached hydrogens (tertiary/aromatic N) is 1. The molecule has 9 heteroatoms. The Morgan fingerprint density at radius 3 is 2.42 bits per heavy atom. The van der Waals surface area contributed by atoms with Crippen LogP contribution in [0.15, 0.2) is 48.5 Å². The third-order valence-corrected chi connectivity index (χ3v) is 5.37. The van der Waals surface area contributed by atoms with Crippen LogP contribution in [-0.4, -0.2) is 42.8 Å². The molecule has 0 bridgehead atoms. The zero-order valence-electron chi connectivity index (χ0n) is 18.1. The number of hydrogen-bond donors (Lipinski definition) is 3. The number of hydrogen-bond acceptors (Lipinski definition) is 5. The van der Waals surface area contributed by atoms with Crippen molar-refractivity contribution in [3.05, 3.63) is 59.7 Å². The molecule has 0 atom stereocenters. The molecule has 33 heavy (non-hydrogen) atoms. The Bertz CT molecular complexity index is 1030. The summed E-state index contributed by atoms with van der Waals surface area (Å²) < 4.78 is 5.49. The molecule has 0 spiro atoms. The van der Waals surface area contributed by atoms with E-state index >= 15 is 0 Å². The van der Waals surface area contributed by atoms with E-state index in [1.54, 1.807) is 36.4 Å². The Hall–Kier alpha value is -3.88. The highest BCUT2D eigenvalue weighted by Crippen LogP contribution is 2.19. The first-order chi connectivity index (χ1) is 16.0. The van der Waals surface area contributed by atoms with Crippen LogP contribution in [0.4, 0.5) is 5.69 Å². The fraction of sp³-hybridized carbons (Fsp3) is 0.333. The van der Waals surface area contributed by atoms with Crippen molar-refractivity contribution in [1.29, 1.82) is 0 Å². The van der Waals surface area contributed by atoms with Crippen LogP contribution in [0, 0.1) is 0 Å². The molecule has 0 unspecified atom stereocenters. The van der Waals surface area contributed by atoms with E-state index < -0.39 is 0 Å². The van der Waals surface area contributed by atoms with Gasteiger partial charge in [0.15, 0.2) is 6.61 Å². The molecule has 2 aromatic carbocycles. The lowest BCUT2D eigenvalue weighted by atomic mass is 10.1. The lowest BCUT2D eigenvalue weighted by Gasteiger charge is -2.27. The molecule has 2 aliphatic rings. The first kappa shape index (κ1) is 22.3. The molecule has 172 valence electrons. The van der Waals surface area contributed by atoms with Gasteiger partial charge in [-0.15, -0.1) is 0 Å². The number of amides is 4. The summed E-state index contributed by atoms with van der Waals surface area (Å²) >= 11 is 0. The highest BCUT2D eigenvalue weighted by atomic mass is 16.5. The maximum atomic E-state index is 12.4. The minimum absolute atomic E-state index is 0.00296. The summed E-state index contributed by atoms with van der Waals surface area (Å²) in [4.78, 5) is 47.6. The maximum absolute atomic E-state index is 12.4. The first-order valence-corrected chi connectivity index (χ1v) is 11.0. The van der Waals surface area contributed by atoms with Gasteiger partial charge in [0.2, 0.25) is 11.8 Å². The fourth-order valence-corrected chi connectivity index (χ4v) is 3.37. The number of carbonyl (C=O) groups is 4. The second-order valence-electron chi connectivity index (χ2n) is 8.09. The zero-order chi connectivity index (χ0) is 23.2. The molecule has 3 N–H and O–H groups in total. The van der Waals surface area contributed by atoms with Crippen LogP contribution in [0.2, 0.25) is 0 Å². The number of benzene rings is 2. The van der Waals surface area contributed by atoms with Gasteiger partial charge in [0, 0.05) is 31.0 Å². The average Bonchev–Trinajstić information content (AvgIpc) is 3.64. The number of hydrazine groups is 1. The first-order valence-electron chi connectivity index (χ1n) is 11.0. The van der Waals surface area contributed by atoms with Crippen LogP contribution in [0.3, 0.4) is 0 Å². The Kier molecular flexibility index (Phi) is 6.87. The van der Waals surface area contributed by atoms with Gasteiger partial charge in [0.25, 0.3) is 11.8 Å². The van der Waals surface area contributed by atoms with Gasteiger partial charge in [0.1, 0.15) is 5.75 Å². The fourth-order valence-electron chi connectivity index (χ4n) is 3.37. The SMILES string of the molecule is O=C(COc1ccc(CCNC(=O)c2ccc(N3NC(=O)CCC3=O)cc2)cc1)NC1CC1. The van der Waals surface area contributed by atoms with Gasteiger partial charge in [0.05, 0.1) is 5.69 Å². The summed E-state index contributed by atoms with van der Waals surface area (Å²) in [5, 5.41) is 6.95. The highest BCUT2D eigenvalue weighted by molar-refractivity contribution is 6.01. The van der Waals surface area contributed by atoms with Crippen LogP contribution in [0.1, 0.15) is 41.6 Å². The third kappa shape index (κ3) is 6.31. The number of carbonyl (C=O) groups excluding carboxylic acids is 4. The topological polar surface area (TPSA) is 117 Å². The molecule has 4 amide bonds. The monoisotopic (exact) mass is 450 g/mol. The molecule has 1 saturated carbocycles. The van der Waals surface area contributed by atoms with Crippen molar-refractivity contribution in [2.24, 2.45) is 0 Å². The summed E-state index contributed by atoms with van der Waals surface area (Å²) in [7, 11) is 0. The van der Waals surface area contributed by atoms with Crippen molar-refractivity contribution in [1.82, 2.24) is 16.1 Å². The van der Waals surface area contributed by atoms with Gasteiger partial charge in [-0.2, -0.15) is 0 Å². The van der Waals surface area contributed by atoms with Crippen LogP contribution in [0.25, 0.3) is 0 Å². The molecule has 1 aliphatic heterocycles. The van der Waals surface area contributed by atoms with Crippen LogP contribution in [0.5, 0.6) is 5.75 Å². The van der Waals surface area contributed by atoms with Crippen molar-refractivity contribution in [2.75, 3.05) is 18.2 Å². The molecule has 1 saturated heterocycles. The van der Waals surface area contributed by atoms with Gasteiger partial charge in [-0.1, -0.05) is 12.1 Å². The van der Waals surface area contributed by atoms with Gasteiger partial charge in [-0.25, -0.2) is 5.01 Å². The molecular weight excluding hydrogens is 424 g/mol. The zero-order valence-corrected chi connectivity index (χ0v) is 18.1. The van der Waals surface area contributed by atoms with E-state index in [-0.39, 0.29) is 43.1 Å². The minimum Gasteiger partial charge on any atom is -0.484 e. The Balaban J connectivity index is 1.20. The van der Waals surface area contributed by atoms with Crippen LogP contribution >= 0.6 is 0 Å². The average molecular weight is 450 g/mol. The normalized spacial score (nSPS) is 15.6. The van der Waals surface area contributed by atoms with Crippen molar-refractivity contribution in [2.45, 2.75) is 38.1 Å². The van der Waals surface area contributed by atoms with E-state index in [0.29, 0.717) is 36.0 Å². The van der Waals surface area contributed by atoms with E-state index in [2.05, 4.69) is 16.1 Å². The van der Waals surface area contributed by atoms with Crippen molar-refractivity contribution in [3.63, 3.8) is 0 Å². The van der Waals surface area contributed by atoms with Crippen molar-refractivity contribution < 1.29 is 23.9 Å². The molecule has 1 aliphatic carbocycles. The number of anilines is 1. The van der Waals surface area contributed by atoms with Crippen molar-refractivity contribution >= 4 is 29.3 Å². The molecular formula is C24H26N4O5. The molecule has 1 heterocycles. The van der Waals surface area contributed by atoms with Gasteiger partial charge >= 0.3 is 0 Å². The second-order valence-corrected chi connectivity index (χ2v) is 8.09. The van der Waals surface area contributed by atoms with Gasteiger partial charge < -0.3 is 15.4 Å². The van der Waals surface area contributed by atoms with E-state index in [1.807, 2.05) is 12.1 Å². The second kappa shape index (κ2) is 10.2. The minimum atomic E-state index is -0.225. The molecule has 4 rings (SSSR count). The summed E-state index contributed by atoms with van der Waals surface area (Å²) in [6.07, 6.45) is 3.07. The summed E-state index contributed by atoms with van der Waals surface area (Å²) in [5.41, 5.74) is 4.53. The summed E-state index contributed by atoms with van der Waals surface area (Å²) in [6.45, 7) is 0.453. The molecule has 0 radical (unpaired) electrons. The van der Waals surface area contributed by atoms with E-state index in [9.17, 15) is 19.2 Å². The largest absolute Gasteiger partial charge is 0.484 e. The molecule has 0 aromatic heterocycles. The number of ether oxygens (including phenoxy) is 1. The van der Waals surface area contributed by atoms with Gasteiger partial charge in [-0.05, 0) is 61.2 Å². The third-order valence-electron chi connectivity index (χ3n) is 5.37. The summed E-state index contributed by atoms with van der Waals surface area (Å²) in [6, 6.07) is 14.2. The van der Waals surface area contributed by atoms with E-state index in [1.165, 1.54) is 5.01 Å². The van der Waals surface area contributed by atoms with Crippen molar-refractivity contribution in [3.8, 4) is 5.75 Å². The smallest absolute Gasteiger partial charge is 0.258 e. The van der Waals surface area contributed by atoms with E-state index in [0.717, 1.165) is 18.4 Å². The molecule has 2 fully saturated rings. The Labute approximate surface area is 191 Å². The van der Waals surface area contributed by atoms with Gasteiger partial charge in [-0.3, -0.25) is 24.6 Å². The lowest BCUT2D eigenvalue weighted by Crippen LogP contribution is -2.50. The predicted octanol–water partition coefficient (Wildman–Crippen LogP) is 1.47. The number of nitrogens with one attached hydrogen (secondary N) is 3. The molecule has 9 nitrogen and oxygen atoms in total. The van der Waals surface area contributed by atoms with Crippen LogP contribution < -0.4 is 25.8 Å². The Morgan fingerprint density at radius 2 is 1.73 bits per heavy atom. The predicted molar refractivity (Wildman–Crippen MR) is 120 cm³/mol. The highest BCUT2D eigenvalue weighted by Gasteiger charge is 2.24. The Morgan fingerprint density at radius 1 is 1.00 bits per heavy atom. The lowest BCUT2D eigenvalue weighted by molar-refractivity contribution is -0.130. The standard InChI is InChI=1S/C24H26N4O5/c29-21-11-12-23(31)28(27-21)19-7-3-17(4-8-19)24(32)25-14-13-16-1-9-20(10-2-16)33-15-22(30)26-18-5-6-18/h1-4,7-10,18H,5-6,11-15H2,(H,25,32)(H,26,30)(H,27,29).